The smallest absolute Gasteiger partial charge is 0.255 e. The van der Waals surface area contributed by atoms with Gasteiger partial charge in [-0.2, -0.15) is 0 Å². The van der Waals surface area contributed by atoms with Gasteiger partial charge in [0, 0.05) is 17.7 Å². The van der Waals surface area contributed by atoms with Gasteiger partial charge in [0.05, 0.1) is 29.6 Å². The normalized spacial score (nSPS) is 14.7. The molecule has 0 spiro atoms. The Kier molecular flexibility index (Phi) is 6.65. The number of fused-ring (bicyclic) bond motifs is 1. The number of benzene rings is 2. The number of nitrogens with zero attached hydrogens (tertiary/aromatic N) is 3. The zero-order valence-corrected chi connectivity index (χ0v) is 19.6. The van der Waals surface area contributed by atoms with E-state index in [1.54, 1.807) is 13.0 Å². The molecule has 4 rings (SSSR count). The lowest BCUT2D eigenvalue weighted by atomic mass is 10.0. The molecule has 9 heteroatoms. The van der Waals surface area contributed by atoms with Crippen LogP contribution >= 0.6 is 23.2 Å². The van der Waals surface area contributed by atoms with Crippen molar-refractivity contribution in [2.24, 2.45) is 0 Å². The van der Waals surface area contributed by atoms with E-state index in [9.17, 15) is 14.7 Å². The summed E-state index contributed by atoms with van der Waals surface area (Å²) in [6.07, 6.45) is 1.41. The van der Waals surface area contributed by atoms with Gasteiger partial charge in [0.25, 0.3) is 5.91 Å². The molecular weight excluding hydrogens is 463 g/mol. The highest BCUT2D eigenvalue weighted by atomic mass is 35.5. The van der Waals surface area contributed by atoms with Gasteiger partial charge in [-0.25, -0.2) is 9.97 Å². The number of hydrogen-bond acceptors (Lipinski definition) is 5. The number of hydrogen-bond donors (Lipinski definition) is 2. The van der Waals surface area contributed by atoms with Crippen LogP contribution in [-0.2, 0) is 11.3 Å². The largest absolute Gasteiger partial charge is 0.394 e. The lowest BCUT2D eigenvalue weighted by molar-refractivity contribution is -0.126. The number of aliphatic hydroxyl groups excluding tert-OH is 1. The Bertz CT molecular complexity index is 1230. The average molecular weight is 485 g/mol. The third-order valence-electron chi connectivity index (χ3n) is 5.72. The predicted molar refractivity (Wildman–Crippen MR) is 126 cm³/mol. The molecule has 0 radical (unpaired) electrons. The molecule has 1 aromatic heterocycles. The van der Waals surface area contributed by atoms with Crippen LogP contribution in [0.25, 0.3) is 11.3 Å². The van der Waals surface area contributed by atoms with E-state index < -0.39 is 12.1 Å². The number of aliphatic hydroxyl groups is 1. The molecule has 3 aromatic rings. The van der Waals surface area contributed by atoms with Gasteiger partial charge in [-0.15, -0.1) is 0 Å². The van der Waals surface area contributed by atoms with Crippen LogP contribution in [-0.4, -0.2) is 44.4 Å². The second-order valence-electron chi connectivity index (χ2n) is 7.97. The number of rotatable bonds is 6. The lowest BCUT2D eigenvalue weighted by Crippen LogP contribution is -2.46. The van der Waals surface area contributed by atoms with Crippen LogP contribution in [0.3, 0.4) is 0 Å². The summed E-state index contributed by atoms with van der Waals surface area (Å²) in [5, 5.41) is 13.0. The molecule has 33 heavy (non-hydrogen) atoms. The van der Waals surface area contributed by atoms with E-state index in [1.165, 1.54) is 11.1 Å². The van der Waals surface area contributed by atoms with Crippen molar-refractivity contribution in [3.8, 4) is 11.3 Å². The van der Waals surface area contributed by atoms with Gasteiger partial charge in [0.1, 0.15) is 6.04 Å². The number of carbonyl (C=O) groups excluding carboxylic acids is 2. The maximum Gasteiger partial charge on any atom is 0.255 e. The molecule has 2 N–H and O–H groups in total. The van der Waals surface area contributed by atoms with Crippen molar-refractivity contribution in [2.45, 2.75) is 32.5 Å². The molecule has 0 saturated carbocycles. The first-order chi connectivity index (χ1) is 15.8. The molecule has 2 amide bonds. The Morgan fingerprint density at radius 1 is 1.24 bits per heavy atom. The summed E-state index contributed by atoms with van der Waals surface area (Å²) in [6.45, 7) is 3.67. The topological polar surface area (TPSA) is 95.4 Å². The first-order valence-corrected chi connectivity index (χ1v) is 11.1. The number of carbonyl (C=O) groups is 2. The van der Waals surface area contributed by atoms with Crippen LogP contribution in [0.1, 0.15) is 40.0 Å². The van der Waals surface area contributed by atoms with Crippen LogP contribution in [0.15, 0.2) is 48.7 Å². The van der Waals surface area contributed by atoms with Crippen molar-refractivity contribution < 1.29 is 14.7 Å². The fourth-order valence-corrected chi connectivity index (χ4v) is 4.22. The molecule has 1 aliphatic heterocycles. The van der Waals surface area contributed by atoms with Gasteiger partial charge in [-0.3, -0.25) is 9.59 Å². The number of nitrogens with one attached hydrogen (secondary N) is 1. The zero-order chi connectivity index (χ0) is 23.7. The minimum absolute atomic E-state index is 0.0557. The molecule has 7 nitrogen and oxygen atoms in total. The maximum atomic E-state index is 13.2. The van der Waals surface area contributed by atoms with E-state index in [-0.39, 0.29) is 23.7 Å². The van der Waals surface area contributed by atoms with Crippen molar-refractivity contribution in [2.75, 3.05) is 6.61 Å². The molecule has 0 fully saturated rings. The number of halogens is 2. The Hall–Kier alpha value is -3.00. The van der Waals surface area contributed by atoms with E-state index >= 15 is 0 Å². The second-order valence-corrected chi connectivity index (χ2v) is 8.72. The van der Waals surface area contributed by atoms with Crippen molar-refractivity contribution >= 4 is 35.0 Å². The van der Waals surface area contributed by atoms with Gasteiger partial charge >= 0.3 is 0 Å². The molecule has 0 aliphatic carbocycles. The summed E-state index contributed by atoms with van der Waals surface area (Å²) < 4.78 is 0. The Balaban J connectivity index is 1.53. The van der Waals surface area contributed by atoms with Gasteiger partial charge in [-0.1, -0.05) is 53.6 Å². The SMILES string of the molecule is Cc1cccc([C@@H](CO)NC(=O)C(C)N2Cc3ccc(-c4nc(Cl)ncc4Cl)cc3C2=O)c1. The standard InChI is InChI=1S/C24H22Cl2N4O3/c1-13-4-3-5-15(8-13)20(12-31)28-22(32)14(2)30-11-17-7-6-16(9-18(17)23(30)33)21-19(25)10-27-24(26)29-21/h3-10,14,20,31H,11-12H2,1-2H3,(H,28,32)/t14?,20-/m1/s1. The van der Waals surface area contributed by atoms with Crippen LogP contribution in [0.4, 0.5) is 0 Å². The Morgan fingerprint density at radius 2 is 2.03 bits per heavy atom. The summed E-state index contributed by atoms with van der Waals surface area (Å²) in [5.74, 6) is -0.607. The molecular formula is C24H22Cl2N4O3. The zero-order valence-electron chi connectivity index (χ0n) is 18.0. The predicted octanol–water partition coefficient (Wildman–Crippen LogP) is 3.95. The third-order valence-corrected chi connectivity index (χ3v) is 6.18. The Morgan fingerprint density at radius 3 is 2.76 bits per heavy atom. The van der Waals surface area contributed by atoms with Crippen molar-refractivity contribution in [1.82, 2.24) is 20.2 Å². The van der Waals surface area contributed by atoms with Crippen LogP contribution in [0.5, 0.6) is 0 Å². The Labute approximate surface area is 201 Å². The highest BCUT2D eigenvalue weighted by Crippen LogP contribution is 2.32. The average Bonchev–Trinajstić information content (AvgIpc) is 3.14. The maximum absolute atomic E-state index is 13.2. The minimum Gasteiger partial charge on any atom is -0.394 e. The van der Waals surface area contributed by atoms with Crippen LogP contribution in [0, 0.1) is 6.92 Å². The quantitative estimate of drug-likeness (QED) is 0.516. The first-order valence-electron chi connectivity index (χ1n) is 10.4. The van der Waals surface area contributed by atoms with Crippen molar-refractivity contribution in [3.63, 3.8) is 0 Å². The molecule has 1 unspecified atom stereocenters. The van der Waals surface area contributed by atoms with E-state index in [0.717, 1.165) is 16.7 Å². The van der Waals surface area contributed by atoms with E-state index in [0.29, 0.717) is 28.4 Å². The lowest BCUT2D eigenvalue weighted by Gasteiger charge is -2.26. The molecule has 2 aromatic carbocycles. The third kappa shape index (κ3) is 4.71. The molecule has 0 saturated heterocycles. The number of amides is 2. The summed E-state index contributed by atoms with van der Waals surface area (Å²) in [6, 6.07) is 11.6. The molecule has 0 bridgehead atoms. The van der Waals surface area contributed by atoms with Gasteiger partial charge in [0.2, 0.25) is 11.2 Å². The molecule has 170 valence electrons. The fourth-order valence-electron chi connectivity index (χ4n) is 3.89. The second kappa shape index (κ2) is 9.47. The number of aryl methyl sites for hydroxylation is 1. The van der Waals surface area contributed by atoms with Crippen LogP contribution < -0.4 is 5.32 Å². The molecule has 2 atom stereocenters. The van der Waals surface area contributed by atoms with Gasteiger partial charge in [0.15, 0.2) is 0 Å². The monoisotopic (exact) mass is 484 g/mol. The summed E-state index contributed by atoms with van der Waals surface area (Å²) >= 11 is 12.1. The molecule has 1 aliphatic rings. The fraction of sp³-hybridized carbons (Fsp3) is 0.250. The van der Waals surface area contributed by atoms with E-state index in [2.05, 4.69) is 15.3 Å². The highest BCUT2D eigenvalue weighted by Gasteiger charge is 2.35. The van der Waals surface area contributed by atoms with Gasteiger partial charge < -0.3 is 15.3 Å². The van der Waals surface area contributed by atoms with Crippen molar-refractivity contribution in [1.29, 1.82) is 0 Å². The van der Waals surface area contributed by atoms with E-state index in [1.807, 2.05) is 43.3 Å². The van der Waals surface area contributed by atoms with Crippen LogP contribution in [0.2, 0.25) is 10.3 Å². The summed E-state index contributed by atoms with van der Waals surface area (Å²) in [7, 11) is 0. The van der Waals surface area contributed by atoms with Crippen molar-refractivity contribution in [3.05, 3.63) is 81.2 Å². The number of aromatic nitrogens is 2. The first kappa shape index (κ1) is 23.2. The summed E-state index contributed by atoms with van der Waals surface area (Å²) in [5.41, 5.74) is 4.18. The van der Waals surface area contributed by atoms with E-state index in [4.69, 9.17) is 23.2 Å². The summed E-state index contributed by atoms with van der Waals surface area (Å²) in [4.78, 5) is 35.6. The minimum atomic E-state index is -0.732. The van der Waals surface area contributed by atoms with Gasteiger partial charge in [-0.05, 0) is 42.6 Å². The molecule has 2 heterocycles. The highest BCUT2D eigenvalue weighted by molar-refractivity contribution is 6.33.